The Labute approximate surface area is 95.4 Å². The fourth-order valence-corrected chi connectivity index (χ4v) is 2.38. The van der Waals surface area contributed by atoms with Crippen molar-refractivity contribution < 1.29 is 0 Å². The van der Waals surface area contributed by atoms with Gasteiger partial charge in [0.1, 0.15) is 0 Å². The molecule has 2 nitrogen and oxygen atoms in total. The minimum atomic E-state index is 0.473. The van der Waals surface area contributed by atoms with Crippen LogP contribution in [-0.2, 0) is 0 Å². The summed E-state index contributed by atoms with van der Waals surface area (Å²) in [6.07, 6.45) is 3.88. The second-order valence-electron chi connectivity index (χ2n) is 5.85. The minimum absolute atomic E-state index is 0.473. The molecule has 0 aromatic carbocycles. The normalized spacial score (nSPS) is 29.4. The lowest BCUT2D eigenvalue weighted by molar-refractivity contribution is 0.0895. The molecule has 0 aromatic rings. The van der Waals surface area contributed by atoms with E-state index in [2.05, 4.69) is 45.0 Å². The first-order valence-corrected chi connectivity index (χ1v) is 6.40. The van der Waals surface area contributed by atoms with Crippen molar-refractivity contribution >= 4 is 0 Å². The highest BCUT2D eigenvalue weighted by Gasteiger charge is 2.28. The summed E-state index contributed by atoms with van der Waals surface area (Å²) in [6, 6.07) is 1.48. The van der Waals surface area contributed by atoms with Gasteiger partial charge in [-0.3, -0.25) is 0 Å². The molecular formula is C13H28N2. The molecule has 90 valence electrons. The summed E-state index contributed by atoms with van der Waals surface area (Å²) in [6.45, 7) is 11.9. The van der Waals surface area contributed by atoms with Crippen molar-refractivity contribution in [3.05, 3.63) is 0 Å². The molecule has 1 saturated heterocycles. The lowest BCUT2D eigenvalue weighted by Crippen LogP contribution is -2.49. The molecule has 2 unspecified atom stereocenters. The third-order valence-electron chi connectivity index (χ3n) is 4.01. The van der Waals surface area contributed by atoms with Gasteiger partial charge in [0.2, 0.25) is 0 Å². The van der Waals surface area contributed by atoms with Crippen LogP contribution in [0.5, 0.6) is 0 Å². The van der Waals surface area contributed by atoms with E-state index in [1.165, 1.54) is 32.4 Å². The van der Waals surface area contributed by atoms with E-state index in [0.29, 0.717) is 5.41 Å². The van der Waals surface area contributed by atoms with Crippen LogP contribution in [0.1, 0.15) is 47.0 Å². The first-order chi connectivity index (χ1) is 6.98. The second kappa shape index (κ2) is 5.31. The van der Waals surface area contributed by atoms with E-state index in [1.54, 1.807) is 0 Å². The Balaban J connectivity index is 2.44. The average molecular weight is 212 g/mol. The maximum atomic E-state index is 3.41. The van der Waals surface area contributed by atoms with Gasteiger partial charge in [0.25, 0.3) is 0 Å². The molecule has 1 N–H and O–H groups in total. The Morgan fingerprint density at radius 1 is 1.40 bits per heavy atom. The summed E-state index contributed by atoms with van der Waals surface area (Å²) < 4.78 is 0. The molecule has 15 heavy (non-hydrogen) atoms. The van der Waals surface area contributed by atoms with Gasteiger partial charge in [-0.1, -0.05) is 20.8 Å². The van der Waals surface area contributed by atoms with Crippen LogP contribution >= 0.6 is 0 Å². The van der Waals surface area contributed by atoms with Crippen molar-refractivity contribution in [1.82, 2.24) is 10.2 Å². The predicted molar refractivity (Wildman–Crippen MR) is 67.2 cm³/mol. The molecule has 0 aromatic heterocycles. The zero-order chi connectivity index (χ0) is 11.5. The van der Waals surface area contributed by atoms with Crippen LogP contribution in [0, 0.1) is 5.41 Å². The molecule has 1 rings (SSSR count). The van der Waals surface area contributed by atoms with Crippen molar-refractivity contribution in [2.45, 2.75) is 59.0 Å². The SMILES string of the molecule is CCC(C)(C)CN1CCC(NC)CC1C. The highest BCUT2D eigenvalue weighted by molar-refractivity contribution is 4.85. The van der Waals surface area contributed by atoms with Gasteiger partial charge in [-0.15, -0.1) is 0 Å². The summed E-state index contributed by atoms with van der Waals surface area (Å²) in [5.74, 6) is 0. The first kappa shape index (κ1) is 13.0. The van der Waals surface area contributed by atoms with Gasteiger partial charge in [0.05, 0.1) is 0 Å². The fourth-order valence-electron chi connectivity index (χ4n) is 2.38. The number of hydrogen-bond donors (Lipinski definition) is 1. The van der Waals surface area contributed by atoms with Crippen molar-refractivity contribution in [2.24, 2.45) is 5.41 Å². The quantitative estimate of drug-likeness (QED) is 0.770. The van der Waals surface area contributed by atoms with E-state index >= 15 is 0 Å². The van der Waals surface area contributed by atoms with Crippen LogP contribution in [-0.4, -0.2) is 37.1 Å². The van der Waals surface area contributed by atoms with E-state index in [4.69, 9.17) is 0 Å². The van der Waals surface area contributed by atoms with E-state index in [0.717, 1.165) is 12.1 Å². The Kier molecular flexibility index (Phi) is 4.60. The molecule has 1 heterocycles. The molecule has 0 bridgehead atoms. The summed E-state index contributed by atoms with van der Waals surface area (Å²) >= 11 is 0. The van der Waals surface area contributed by atoms with Crippen LogP contribution in [0.25, 0.3) is 0 Å². The molecule has 1 aliphatic rings. The third kappa shape index (κ3) is 3.76. The van der Waals surface area contributed by atoms with Crippen LogP contribution in [0.4, 0.5) is 0 Å². The van der Waals surface area contributed by atoms with Crippen LogP contribution in [0.15, 0.2) is 0 Å². The molecule has 2 heteroatoms. The lowest BCUT2D eigenvalue weighted by Gasteiger charge is -2.41. The molecule has 0 aliphatic carbocycles. The molecule has 2 atom stereocenters. The van der Waals surface area contributed by atoms with Crippen LogP contribution < -0.4 is 5.32 Å². The van der Waals surface area contributed by atoms with Crippen LogP contribution in [0.3, 0.4) is 0 Å². The number of rotatable bonds is 4. The zero-order valence-electron chi connectivity index (χ0n) is 11.1. The molecule has 0 amide bonds. The van der Waals surface area contributed by atoms with Crippen LogP contribution in [0.2, 0.25) is 0 Å². The highest BCUT2D eigenvalue weighted by Crippen LogP contribution is 2.26. The number of nitrogens with zero attached hydrogens (tertiary/aromatic N) is 1. The summed E-state index contributed by atoms with van der Waals surface area (Å²) in [4.78, 5) is 2.66. The van der Waals surface area contributed by atoms with Gasteiger partial charge in [-0.05, 0) is 45.2 Å². The average Bonchev–Trinajstić information content (AvgIpc) is 2.21. The molecule has 0 radical (unpaired) electrons. The smallest absolute Gasteiger partial charge is 0.00910 e. The topological polar surface area (TPSA) is 15.3 Å². The van der Waals surface area contributed by atoms with E-state index < -0.39 is 0 Å². The Hall–Kier alpha value is -0.0800. The van der Waals surface area contributed by atoms with E-state index in [9.17, 15) is 0 Å². The number of piperidine rings is 1. The molecule has 0 saturated carbocycles. The second-order valence-corrected chi connectivity index (χ2v) is 5.85. The number of nitrogens with one attached hydrogen (secondary N) is 1. The summed E-state index contributed by atoms with van der Waals surface area (Å²) in [7, 11) is 2.09. The molecule has 1 fully saturated rings. The molecule has 0 spiro atoms. The van der Waals surface area contributed by atoms with E-state index in [1.807, 2.05) is 0 Å². The predicted octanol–water partition coefficient (Wildman–Crippen LogP) is 2.49. The maximum Gasteiger partial charge on any atom is 0.00910 e. The van der Waals surface area contributed by atoms with Gasteiger partial charge in [-0.25, -0.2) is 0 Å². The van der Waals surface area contributed by atoms with Gasteiger partial charge >= 0.3 is 0 Å². The Morgan fingerprint density at radius 2 is 2.07 bits per heavy atom. The largest absolute Gasteiger partial charge is 0.317 e. The van der Waals surface area contributed by atoms with Crippen molar-refractivity contribution in [2.75, 3.05) is 20.1 Å². The number of hydrogen-bond acceptors (Lipinski definition) is 2. The fraction of sp³-hybridized carbons (Fsp3) is 1.00. The standard InChI is InChI=1S/C13H28N2/c1-6-13(3,4)10-15-8-7-12(14-5)9-11(15)2/h11-12,14H,6-10H2,1-5H3. The highest BCUT2D eigenvalue weighted by atomic mass is 15.2. The lowest BCUT2D eigenvalue weighted by atomic mass is 9.87. The minimum Gasteiger partial charge on any atom is -0.317 e. The number of likely N-dealkylation sites (tertiary alicyclic amines) is 1. The van der Waals surface area contributed by atoms with Gasteiger partial charge in [-0.2, -0.15) is 0 Å². The van der Waals surface area contributed by atoms with Crippen molar-refractivity contribution in [3.8, 4) is 0 Å². The molecular weight excluding hydrogens is 184 g/mol. The van der Waals surface area contributed by atoms with Crippen molar-refractivity contribution in [3.63, 3.8) is 0 Å². The zero-order valence-corrected chi connectivity index (χ0v) is 11.1. The first-order valence-electron chi connectivity index (χ1n) is 6.40. The molecule has 1 aliphatic heterocycles. The summed E-state index contributed by atoms with van der Waals surface area (Å²) in [5, 5.41) is 3.41. The monoisotopic (exact) mass is 212 g/mol. The summed E-state index contributed by atoms with van der Waals surface area (Å²) in [5.41, 5.74) is 0.473. The Bertz CT molecular complexity index is 189. The van der Waals surface area contributed by atoms with E-state index in [-0.39, 0.29) is 0 Å². The van der Waals surface area contributed by atoms with Gasteiger partial charge < -0.3 is 10.2 Å². The third-order valence-corrected chi connectivity index (χ3v) is 4.01. The van der Waals surface area contributed by atoms with Crippen molar-refractivity contribution in [1.29, 1.82) is 0 Å². The Morgan fingerprint density at radius 3 is 2.53 bits per heavy atom. The van der Waals surface area contributed by atoms with Gasteiger partial charge in [0.15, 0.2) is 0 Å². The maximum absolute atomic E-state index is 3.41. The van der Waals surface area contributed by atoms with Gasteiger partial charge in [0, 0.05) is 18.6 Å².